The average Bonchev–Trinajstić information content (AvgIpc) is 2.84. The van der Waals surface area contributed by atoms with Crippen molar-refractivity contribution in [3.63, 3.8) is 0 Å². The number of anilines is 1. The molecule has 0 aromatic heterocycles. The molecule has 33 heavy (non-hydrogen) atoms. The fourth-order valence-corrected chi connectivity index (χ4v) is 5.32. The molecule has 9 heteroatoms. The zero-order valence-corrected chi connectivity index (χ0v) is 19.7. The Morgan fingerprint density at radius 2 is 1.67 bits per heavy atom. The van der Waals surface area contributed by atoms with E-state index in [2.05, 4.69) is 5.32 Å². The third kappa shape index (κ3) is 6.72. The van der Waals surface area contributed by atoms with Gasteiger partial charge in [-0.1, -0.05) is 36.4 Å². The first kappa shape index (κ1) is 24.6. The minimum Gasteiger partial charge on any atom is -0.497 e. The van der Waals surface area contributed by atoms with Crippen molar-refractivity contribution >= 4 is 33.4 Å². The Hall–Kier alpha value is -3.04. The van der Waals surface area contributed by atoms with Gasteiger partial charge in [0, 0.05) is 18.1 Å². The number of ether oxygens (including phenoxy) is 1. The molecule has 3 aromatic rings. The number of amides is 1. The summed E-state index contributed by atoms with van der Waals surface area (Å²) in [6, 6.07) is 21.0. The zero-order valence-electron chi connectivity index (χ0n) is 18.1. The van der Waals surface area contributed by atoms with Crippen molar-refractivity contribution in [3.05, 3.63) is 90.2 Å². The summed E-state index contributed by atoms with van der Waals surface area (Å²) in [7, 11) is -2.44. The number of hydrogen-bond acceptors (Lipinski definition) is 5. The largest absolute Gasteiger partial charge is 0.497 e. The maximum Gasteiger partial charge on any atom is 0.264 e. The van der Waals surface area contributed by atoms with Crippen LogP contribution in [0.4, 0.5) is 10.1 Å². The Morgan fingerprint density at radius 1 is 1.00 bits per heavy atom. The first-order chi connectivity index (χ1) is 15.9. The number of carbonyl (C=O) groups excluding carboxylic acids is 1. The average molecular weight is 489 g/mol. The standard InChI is InChI=1S/C24H25FN2O4S2/c1-31-21-13-11-20(12-14-21)27(33(29,30)22-8-3-2-4-9-22)17-24(28)26-15-16-32-18-19-7-5-6-10-23(19)25/h2-14H,15-18H2,1H3,(H,26,28). The Balaban J connectivity index is 1.64. The molecule has 174 valence electrons. The fourth-order valence-electron chi connectivity index (χ4n) is 3.03. The van der Waals surface area contributed by atoms with E-state index < -0.39 is 15.9 Å². The number of nitrogens with zero attached hydrogens (tertiary/aromatic N) is 1. The third-order valence-electron chi connectivity index (χ3n) is 4.76. The lowest BCUT2D eigenvalue weighted by Gasteiger charge is -2.24. The second-order valence-electron chi connectivity index (χ2n) is 7.02. The summed E-state index contributed by atoms with van der Waals surface area (Å²) < 4.78 is 46.4. The number of carbonyl (C=O) groups is 1. The third-order valence-corrected chi connectivity index (χ3v) is 7.56. The lowest BCUT2D eigenvalue weighted by atomic mass is 10.2. The second-order valence-corrected chi connectivity index (χ2v) is 9.98. The first-order valence-electron chi connectivity index (χ1n) is 10.2. The van der Waals surface area contributed by atoms with Gasteiger partial charge in [0.05, 0.1) is 17.7 Å². The normalized spacial score (nSPS) is 11.1. The van der Waals surface area contributed by atoms with Crippen LogP contribution in [-0.4, -0.2) is 40.3 Å². The highest BCUT2D eigenvalue weighted by molar-refractivity contribution is 7.98. The lowest BCUT2D eigenvalue weighted by molar-refractivity contribution is -0.119. The van der Waals surface area contributed by atoms with E-state index in [-0.39, 0.29) is 17.3 Å². The summed E-state index contributed by atoms with van der Waals surface area (Å²) in [5.41, 5.74) is 0.956. The van der Waals surface area contributed by atoms with Gasteiger partial charge in [-0.05, 0) is 48.0 Å². The van der Waals surface area contributed by atoms with Gasteiger partial charge in [0.1, 0.15) is 18.1 Å². The molecule has 0 saturated carbocycles. The van der Waals surface area contributed by atoms with E-state index in [4.69, 9.17) is 4.74 Å². The van der Waals surface area contributed by atoms with Gasteiger partial charge in [-0.15, -0.1) is 0 Å². The van der Waals surface area contributed by atoms with Crippen LogP contribution in [-0.2, 0) is 20.6 Å². The van der Waals surface area contributed by atoms with E-state index in [0.717, 1.165) is 4.31 Å². The molecule has 0 unspecified atom stereocenters. The van der Waals surface area contributed by atoms with Gasteiger partial charge in [0.15, 0.2) is 0 Å². The van der Waals surface area contributed by atoms with Gasteiger partial charge in [-0.3, -0.25) is 9.10 Å². The molecule has 3 aromatic carbocycles. The molecule has 0 saturated heterocycles. The van der Waals surface area contributed by atoms with Crippen LogP contribution in [0.15, 0.2) is 83.8 Å². The molecule has 6 nitrogen and oxygen atoms in total. The highest BCUT2D eigenvalue weighted by Crippen LogP contribution is 2.25. The van der Waals surface area contributed by atoms with Crippen molar-refractivity contribution in [2.45, 2.75) is 10.6 Å². The van der Waals surface area contributed by atoms with Crippen LogP contribution in [0, 0.1) is 5.82 Å². The summed E-state index contributed by atoms with van der Waals surface area (Å²) in [5, 5.41) is 2.75. The van der Waals surface area contributed by atoms with Gasteiger partial charge in [-0.2, -0.15) is 11.8 Å². The monoisotopic (exact) mass is 488 g/mol. The van der Waals surface area contributed by atoms with Gasteiger partial charge < -0.3 is 10.1 Å². The zero-order chi connectivity index (χ0) is 23.7. The summed E-state index contributed by atoms with van der Waals surface area (Å²) >= 11 is 1.48. The number of rotatable bonds is 11. The number of benzene rings is 3. The number of hydrogen-bond donors (Lipinski definition) is 1. The maximum absolute atomic E-state index is 13.7. The molecule has 1 N–H and O–H groups in total. The molecule has 0 aliphatic carbocycles. The molecular weight excluding hydrogens is 463 g/mol. The first-order valence-corrected chi connectivity index (χ1v) is 12.8. The summed E-state index contributed by atoms with van der Waals surface area (Å²) in [5.74, 6) is 0.941. The lowest BCUT2D eigenvalue weighted by Crippen LogP contribution is -2.41. The van der Waals surface area contributed by atoms with E-state index in [0.29, 0.717) is 35.1 Å². The van der Waals surface area contributed by atoms with Crippen molar-refractivity contribution in [2.75, 3.05) is 30.3 Å². The summed E-state index contributed by atoms with van der Waals surface area (Å²) in [6.45, 7) is -0.0404. The predicted octanol–water partition coefficient (Wildman–Crippen LogP) is 4.08. The van der Waals surface area contributed by atoms with Crippen LogP contribution in [0.25, 0.3) is 0 Å². The van der Waals surface area contributed by atoms with Gasteiger partial charge >= 0.3 is 0 Å². The van der Waals surface area contributed by atoms with Crippen LogP contribution in [0.5, 0.6) is 5.75 Å². The van der Waals surface area contributed by atoms with Crippen molar-refractivity contribution in [1.82, 2.24) is 5.32 Å². The Bertz CT molecular complexity index is 1160. The number of halogens is 1. The molecule has 3 rings (SSSR count). The molecule has 0 bridgehead atoms. The Labute approximate surface area is 197 Å². The molecule has 0 spiro atoms. The highest BCUT2D eigenvalue weighted by Gasteiger charge is 2.27. The number of nitrogens with one attached hydrogen (secondary N) is 1. The molecule has 0 atom stereocenters. The molecule has 0 fully saturated rings. The SMILES string of the molecule is COc1ccc(N(CC(=O)NCCSCc2ccccc2F)S(=O)(=O)c2ccccc2)cc1. The van der Waals surface area contributed by atoms with Crippen molar-refractivity contribution in [2.24, 2.45) is 0 Å². The summed E-state index contributed by atoms with van der Waals surface area (Å²) in [6.07, 6.45) is 0. The molecule has 0 heterocycles. The van der Waals surface area contributed by atoms with Crippen LogP contribution in [0.3, 0.4) is 0 Å². The van der Waals surface area contributed by atoms with E-state index >= 15 is 0 Å². The van der Waals surface area contributed by atoms with E-state index in [1.807, 2.05) is 0 Å². The van der Waals surface area contributed by atoms with Crippen LogP contribution in [0.2, 0.25) is 0 Å². The van der Waals surface area contributed by atoms with Crippen LogP contribution < -0.4 is 14.4 Å². The van der Waals surface area contributed by atoms with Gasteiger partial charge in [-0.25, -0.2) is 12.8 Å². The van der Waals surface area contributed by atoms with E-state index in [9.17, 15) is 17.6 Å². The van der Waals surface area contributed by atoms with Crippen LogP contribution in [0.1, 0.15) is 5.56 Å². The van der Waals surface area contributed by atoms with E-state index in [1.165, 1.54) is 37.1 Å². The second kappa shape index (κ2) is 11.7. The molecular formula is C24H25FN2O4S2. The quantitative estimate of drug-likeness (QED) is 0.412. The Morgan fingerprint density at radius 3 is 2.33 bits per heavy atom. The smallest absolute Gasteiger partial charge is 0.264 e. The van der Waals surface area contributed by atoms with Crippen molar-refractivity contribution < 1.29 is 22.3 Å². The highest BCUT2D eigenvalue weighted by atomic mass is 32.2. The number of methoxy groups -OCH3 is 1. The minimum atomic E-state index is -3.96. The van der Waals surface area contributed by atoms with Crippen molar-refractivity contribution in [1.29, 1.82) is 0 Å². The molecule has 1 amide bonds. The topological polar surface area (TPSA) is 75.7 Å². The van der Waals surface area contributed by atoms with E-state index in [1.54, 1.807) is 60.7 Å². The van der Waals surface area contributed by atoms with Crippen molar-refractivity contribution in [3.8, 4) is 5.75 Å². The van der Waals surface area contributed by atoms with Crippen LogP contribution >= 0.6 is 11.8 Å². The fraction of sp³-hybridized carbons (Fsp3) is 0.208. The summed E-state index contributed by atoms with van der Waals surface area (Å²) in [4.78, 5) is 12.7. The van der Waals surface area contributed by atoms with Gasteiger partial charge in [0.2, 0.25) is 5.91 Å². The number of thioether (sulfide) groups is 1. The Kier molecular flexibility index (Phi) is 8.73. The van der Waals surface area contributed by atoms with Gasteiger partial charge in [0.25, 0.3) is 10.0 Å². The minimum absolute atomic E-state index is 0.0917. The maximum atomic E-state index is 13.7. The molecule has 0 aliphatic heterocycles. The molecule has 0 radical (unpaired) electrons. The molecule has 0 aliphatic rings. The number of sulfonamides is 1. The predicted molar refractivity (Wildman–Crippen MR) is 130 cm³/mol.